The monoisotopic (exact) mass is 301 g/mol. The second kappa shape index (κ2) is 8.49. The average molecular weight is 301 g/mol. The number of carboxylic acids is 1. The number of aryl methyl sites for hydroxylation is 1. The molecule has 1 rings (SSSR count). The predicted octanol–water partition coefficient (Wildman–Crippen LogP) is 0.737. The maximum Gasteiger partial charge on any atom is 0.323 e. The van der Waals surface area contributed by atoms with Crippen molar-refractivity contribution in [3.63, 3.8) is 0 Å². The summed E-state index contributed by atoms with van der Waals surface area (Å²) < 4.78 is 4.86. The topological polar surface area (TPSA) is 91.8 Å². The van der Waals surface area contributed by atoms with Crippen molar-refractivity contribution < 1.29 is 19.4 Å². The number of hydrogen-bond donors (Lipinski definition) is 2. The van der Waals surface area contributed by atoms with E-state index in [1.54, 1.807) is 11.3 Å². The summed E-state index contributed by atoms with van der Waals surface area (Å²) in [4.78, 5) is 28.1. The molecule has 0 spiro atoms. The Bertz CT molecular complexity index is 450. The fourth-order valence-electron chi connectivity index (χ4n) is 1.52. The van der Waals surface area contributed by atoms with E-state index in [0.717, 1.165) is 10.7 Å². The van der Waals surface area contributed by atoms with E-state index in [0.29, 0.717) is 19.6 Å². The Kier molecular flexibility index (Phi) is 6.96. The standard InChI is InChI=1S/C12H19N3O4S/c1-9-8-20-10(14-9)3-4-13-12(18)15(5-6-19-2)7-11(16)17/h8H,3-7H2,1-2H3,(H,13,18)(H,16,17). The molecule has 0 radical (unpaired) electrons. The van der Waals surface area contributed by atoms with Crippen molar-refractivity contribution >= 4 is 23.3 Å². The molecule has 0 aliphatic rings. The van der Waals surface area contributed by atoms with Crippen LogP contribution in [0.2, 0.25) is 0 Å². The van der Waals surface area contributed by atoms with Crippen molar-refractivity contribution in [2.75, 3.05) is 33.4 Å². The van der Waals surface area contributed by atoms with Gasteiger partial charge in [-0.3, -0.25) is 4.79 Å². The second-order valence-corrected chi connectivity index (χ2v) is 5.12. The highest BCUT2D eigenvalue weighted by Crippen LogP contribution is 2.08. The Morgan fingerprint density at radius 1 is 1.55 bits per heavy atom. The number of nitrogens with one attached hydrogen (secondary N) is 1. The third kappa shape index (κ3) is 5.98. The van der Waals surface area contributed by atoms with E-state index < -0.39 is 12.0 Å². The molecule has 2 amide bonds. The van der Waals surface area contributed by atoms with Crippen molar-refractivity contribution in [3.05, 3.63) is 16.1 Å². The zero-order valence-electron chi connectivity index (χ0n) is 11.6. The van der Waals surface area contributed by atoms with Crippen LogP contribution in [0.4, 0.5) is 4.79 Å². The van der Waals surface area contributed by atoms with Crippen LogP contribution in [0.1, 0.15) is 10.7 Å². The molecule has 2 N–H and O–H groups in total. The largest absolute Gasteiger partial charge is 0.480 e. The number of carbonyl (C=O) groups excluding carboxylic acids is 1. The minimum absolute atomic E-state index is 0.241. The van der Waals surface area contributed by atoms with Gasteiger partial charge in [0, 0.05) is 37.7 Å². The highest BCUT2D eigenvalue weighted by Gasteiger charge is 2.15. The van der Waals surface area contributed by atoms with Gasteiger partial charge in [-0.15, -0.1) is 11.3 Å². The molecule has 0 atom stereocenters. The number of aromatic nitrogens is 1. The number of urea groups is 1. The molecule has 112 valence electrons. The van der Waals surface area contributed by atoms with Crippen LogP contribution in [-0.4, -0.2) is 60.3 Å². The predicted molar refractivity (Wildman–Crippen MR) is 75.0 cm³/mol. The van der Waals surface area contributed by atoms with Gasteiger partial charge in [0.05, 0.1) is 11.6 Å². The fraction of sp³-hybridized carbons (Fsp3) is 0.583. The van der Waals surface area contributed by atoms with Crippen LogP contribution in [0.5, 0.6) is 0 Å². The molecule has 0 saturated heterocycles. The van der Waals surface area contributed by atoms with Crippen molar-refractivity contribution in [3.8, 4) is 0 Å². The van der Waals surface area contributed by atoms with E-state index in [1.165, 1.54) is 12.0 Å². The minimum atomic E-state index is -1.05. The molecule has 0 aliphatic heterocycles. The first kappa shape index (κ1) is 16.4. The number of thiazole rings is 1. The maximum absolute atomic E-state index is 11.9. The lowest BCUT2D eigenvalue weighted by Gasteiger charge is -2.20. The van der Waals surface area contributed by atoms with E-state index >= 15 is 0 Å². The Labute approximate surface area is 121 Å². The first-order valence-corrected chi connectivity index (χ1v) is 7.05. The molecule has 1 aromatic rings. The quantitative estimate of drug-likeness (QED) is 0.739. The molecule has 8 heteroatoms. The smallest absolute Gasteiger partial charge is 0.323 e. The molecular weight excluding hydrogens is 282 g/mol. The van der Waals surface area contributed by atoms with Crippen LogP contribution in [-0.2, 0) is 16.0 Å². The molecule has 0 fully saturated rings. The number of rotatable bonds is 8. The summed E-state index contributed by atoms with van der Waals surface area (Å²) in [6, 6.07) is -0.405. The summed E-state index contributed by atoms with van der Waals surface area (Å²) in [6.45, 7) is 2.54. The van der Waals surface area contributed by atoms with Crippen molar-refractivity contribution in [2.45, 2.75) is 13.3 Å². The highest BCUT2D eigenvalue weighted by atomic mass is 32.1. The van der Waals surface area contributed by atoms with Crippen molar-refractivity contribution in [1.29, 1.82) is 0 Å². The number of carboxylic acid groups (broad SMARTS) is 1. The van der Waals surface area contributed by atoms with Gasteiger partial charge < -0.3 is 20.1 Å². The first-order valence-electron chi connectivity index (χ1n) is 6.17. The van der Waals surface area contributed by atoms with Gasteiger partial charge in [0.25, 0.3) is 0 Å². The lowest BCUT2D eigenvalue weighted by molar-refractivity contribution is -0.137. The van der Waals surface area contributed by atoms with Crippen LogP contribution in [0, 0.1) is 6.92 Å². The van der Waals surface area contributed by atoms with Crippen LogP contribution in [0.25, 0.3) is 0 Å². The summed E-state index contributed by atoms with van der Waals surface area (Å²) in [6.07, 6.45) is 0.634. The van der Waals surface area contributed by atoms with E-state index in [9.17, 15) is 9.59 Å². The SMILES string of the molecule is COCCN(CC(=O)O)C(=O)NCCc1nc(C)cs1. The van der Waals surface area contributed by atoms with E-state index in [1.807, 2.05) is 12.3 Å². The Morgan fingerprint density at radius 2 is 2.30 bits per heavy atom. The number of methoxy groups -OCH3 is 1. The molecular formula is C12H19N3O4S. The Hall–Kier alpha value is -1.67. The molecule has 1 heterocycles. The van der Waals surface area contributed by atoms with Crippen molar-refractivity contribution in [2.24, 2.45) is 0 Å². The van der Waals surface area contributed by atoms with Gasteiger partial charge in [0.1, 0.15) is 6.54 Å². The number of ether oxygens (including phenoxy) is 1. The molecule has 0 saturated carbocycles. The van der Waals surface area contributed by atoms with Gasteiger partial charge in [0.15, 0.2) is 0 Å². The maximum atomic E-state index is 11.9. The summed E-state index contributed by atoms with van der Waals surface area (Å²) in [5.41, 5.74) is 0.962. The molecule has 0 aromatic carbocycles. The van der Waals surface area contributed by atoms with Gasteiger partial charge in [0.2, 0.25) is 0 Å². The summed E-state index contributed by atoms with van der Waals surface area (Å²) in [7, 11) is 1.50. The van der Waals surface area contributed by atoms with E-state index in [-0.39, 0.29) is 13.1 Å². The number of carbonyl (C=O) groups is 2. The zero-order valence-corrected chi connectivity index (χ0v) is 12.4. The molecule has 0 aliphatic carbocycles. The third-order valence-corrected chi connectivity index (χ3v) is 3.49. The summed E-state index contributed by atoms with van der Waals surface area (Å²) in [5, 5.41) is 14.4. The zero-order chi connectivity index (χ0) is 15.0. The van der Waals surface area contributed by atoms with Gasteiger partial charge in [-0.2, -0.15) is 0 Å². The third-order valence-electron chi connectivity index (χ3n) is 2.46. The average Bonchev–Trinajstić information content (AvgIpc) is 2.79. The number of amides is 2. The summed E-state index contributed by atoms with van der Waals surface area (Å²) in [5.74, 6) is -1.05. The minimum Gasteiger partial charge on any atom is -0.480 e. The normalized spacial score (nSPS) is 10.3. The van der Waals surface area contributed by atoms with Gasteiger partial charge in [-0.05, 0) is 6.92 Å². The molecule has 20 heavy (non-hydrogen) atoms. The molecule has 1 aromatic heterocycles. The van der Waals surface area contributed by atoms with Crippen LogP contribution in [0.3, 0.4) is 0 Å². The molecule has 7 nitrogen and oxygen atoms in total. The number of hydrogen-bond acceptors (Lipinski definition) is 5. The van der Waals surface area contributed by atoms with Gasteiger partial charge in [-0.25, -0.2) is 9.78 Å². The van der Waals surface area contributed by atoms with Crippen LogP contribution in [0.15, 0.2) is 5.38 Å². The second-order valence-electron chi connectivity index (χ2n) is 4.17. The van der Waals surface area contributed by atoms with Crippen LogP contribution < -0.4 is 5.32 Å². The van der Waals surface area contributed by atoms with E-state index in [2.05, 4.69) is 10.3 Å². The van der Waals surface area contributed by atoms with Crippen LogP contribution >= 0.6 is 11.3 Å². The van der Waals surface area contributed by atoms with Gasteiger partial charge in [-0.1, -0.05) is 0 Å². The molecule has 0 unspecified atom stereocenters. The van der Waals surface area contributed by atoms with Crippen molar-refractivity contribution in [1.82, 2.24) is 15.2 Å². The lowest BCUT2D eigenvalue weighted by Crippen LogP contribution is -2.44. The Balaban J connectivity index is 2.38. The van der Waals surface area contributed by atoms with E-state index in [4.69, 9.17) is 9.84 Å². The summed E-state index contributed by atoms with van der Waals surface area (Å²) >= 11 is 1.54. The van der Waals surface area contributed by atoms with Gasteiger partial charge >= 0.3 is 12.0 Å². The number of aliphatic carboxylic acids is 1. The fourth-order valence-corrected chi connectivity index (χ4v) is 2.30. The lowest BCUT2D eigenvalue weighted by atomic mass is 10.4. The Morgan fingerprint density at radius 3 is 2.85 bits per heavy atom. The highest BCUT2D eigenvalue weighted by molar-refractivity contribution is 7.09. The molecule has 0 bridgehead atoms. The first-order chi connectivity index (χ1) is 9.52. The number of nitrogens with zero attached hydrogens (tertiary/aromatic N) is 2.